The average Bonchev–Trinajstić information content (AvgIpc) is 2.66. The molecule has 0 bridgehead atoms. The maximum absolute atomic E-state index is 13.6. The smallest absolute Gasteiger partial charge is 0.126 e. The number of hydrogen-bond donors (Lipinski definition) is 1. The van der Waals surface area contributed by atoms with Crippen molar-refractivity contribution in [1.29, 1.82) is 0 Å². The van der Waals surface area contributed by atoms with E-state index in [1.165, 1.54) is 12.1 Å². The largest absolute Gasteiger partial charge is 0.330 e. The summed E-state index contributed by atoms with van der Waals surface area (Å²) in [6.45, 7) is 2.74. The summed E-state index contributed by atoms with van der Waals surface area (Å²) in [5, 5.41) is 0. The van der Waals surface area contributed by atoms with E-state index in [0.717, 1.165) is 25.3 Å². The molecule has 2 unspecified atom stereocenters. The fourth-order valence-corrected chi connectivity index (χ4v) is 3.00. The van der Waals surface area contributed by atoms with Crippen molar-refractivity contribution < 1.29 is 8.78 Å². The van der Waals surface area contributed by atoms with Crippen LogP contribution in [0.3, 0.4) is 0 Å². The van der Waals surface area contributed by atoms with Crippen LogP contribution in [0.5, 0.6) is 0 Å². The van der Waals surface area contributed by atoms with Crippen molar-refractivity contribution in [1.82, 2.24) is 0 Å². The number of nitrogens with two attached hydrogens (primary N) is 1. The van der Waals surface area contributed by atoms with E-state index < -0.39 is 0 Å². The van der Waals surface area contributed by atoms with Crippen molar-refractivity contribution in [3.63, 3.8) is 0 Å². The minimum atomic E-state index is -0.375. The van der Waals surface area contributed by atoms with Gasteiger partial charge in [0.1, 0.15) is 11.6 Å². The van der Waals surface area contributed by atoms with Crippen molar-refractivity contribution in [3.8, 4) is 0 Å². The minimum Gasteiger partial charge on any atom is -0.330 e. The molecule has 0 heterocycles. The standard InChI is InChI=1S/C14H19F2N/c1-10-4-5-14(7-10,9-17)8-11-6-12(15)2-3-13(11)16/h2-3,6,10H,4-5,7-9,17H2,1H3. The molecular formula is C14H19F2N. The van der Waals surface area contributed by atoms with E-state index in [-0.39, 0.29) is 17.0 Å². The first-order valence-corrected chi connectivity index (χ1v) is 6.19. The lowest BCUT2D eigenvalue weighted by atomic mass is 9.79. The van der Waals surface area contributed by atoms with E-state index in [0.29, 0.717) is 24.4 Å². The van der Waals surface area contributed by atoms with Gasteiger partial charge in [0.15, 0.2) is 0 Å². The zero-order chi connectivity index (χ0) is 12.5. The second-order valence-electron chi connectivity index (χ2n) is 5.46. The van der Waals surface area contributed by atoms with Crippen LogP contribution in [0.15, 0.2) is 18.2 Å². The molecule has 2 N–H and O–H groups in total. The minimum absolute atomic E-state index is 0.0337. The molecule has 94 valence electrons. The fraction of sp³-hybridized carbons (Fsp3) is 0.571. The van der Waals surface area contributed by atoms with Crippen LogP contribution in [-0.4, -0.2) is 6.54 Å². The summed E-state index contributed by atoms with van der Waals surface area (Å²) in [6.07, 6.45) is 3.71. The zero-order valence-electron chi connectivity index (χ0n) is 10.2. The maximum Gasteiger partial charge on any atom is 0.126 e. The first-order valence-electron chi connectivity index (χ1n) is 6.19. The molecule has 1 saturated carbocycles. The van der Waals surface area contributed by atoms with Crippen molar-refractivity contribution >= 4 is 0 Å². The SMILES string of the molecule is CC1CCC(CN)(Cc2cc(F)ccc2F)C1. The predicted octanol–water partition coefficient (Wildman–Crippen LogP) is 3.27. The second-order valence-corrected chi connectivity index (χ2v) is 5.46. The van der Waals surface area contributed by atoms with Crippen LogP contribution in [0, 0.1) is 23.0 Å². The van der Waals surface area contributed by atoms with Gasteiger partial charge in [0.2, 0.25) is 0 Å². The predicted molar refractivity (Wildman–Crippen MR) is 64.6 cm³/mol. The van der Waals surface area contributed by atoms with Gasteiger partial charge in [-0.1, -0.05) is 13.3 Å². The summed E-state index contributed by atoms with van der Waals surface area (Å²) in [5.74, 6) is -0.0615. The molecular weight excluding hydrogens is 220 g/mol. The summed E-state index contributed by atoms with van der Waals surface area (Å²) in [7, 11) is 0. The Balaban J connectivity index is 2.21. The van der Waals surface area contributed by atoms with Crippen molar-refractivity contribution in [2.45, 2.75) is 32.6 Å². The highest BCUT2D eigenvalue weighted by molar-refractivity contribution is 5.21. The normalized spacial score (nSPS) is 28.6. The van der Waals surface area contributed by atoms with Gasteiger partial charge in [0.05, 0.1) is 0 Å². The molecule has 1 nitrogen and oxygen atoms in total. The molecule has 0 aliphatic heterocycles. The van der Waals surface area contributed by atoms with E-state index >= 15 is 0 Å². The van der Waals surface area contributed by atoms with Crippen LogP contribution < -0.4 is 5.73 Å². The van der Waals surface area contributed by atoms with Gasteiger partial charge in [-0.25, -0.2) is 8.78 Å². The molecule has 1 fully saturated rings. The zero-order valence-corrected chi connectivity index (χ0v) is 10.2. The number of benzene rings is 1. The Bertz CT molecular complexity index is 405. The van der Waals surface area contributed by atoms with Crippen LogP contribution in [0.4, 0.5) is 8.78 Å². The summed E-state index contributed by atoms with van der Waals surface area (Å²) < 4.78 is 26.7. The van der Waals surface area contributed by atoms with Crippen LogP contribution in [0.25, 0.3) is 0 Å². The molecule has 2 rings (SSSR count). The lowest BCUT2D eigenvalue weighted by Gasteiger charge is -2.28. The van der Waals surface area contributed by atoms with Crippen molar-refractivity contribution in [2.24, 2.45) is 17.1 Å². The highest BCUT2D eigenvalue weighted by Gasteiger charge is 2.36. The quantitative estimate of drug-likeness (QED) is 0.860. The monoisotopic (exact) mass is 239 g/mol. The maximum atomic E-state index is 13.6. The van der Waals surface area contributed by atoms with E-state index in [9.17, 15) is 8.78 Å². The highest BCUT2D eigenvalue weighted by atomic mass is 19.1. The van der Waals surface area contributed by atoms with Gasteiger partial charge in [-0.15, -0.1) is 0 Å². The Morgan fingerprint density at radius 1 is 1.41 bits per heavy atom. The van der Waals surface area contributed by atoms with Gasteiger partial charge in [-0.05, 0) is 60.9 Å². The molecule has 1 aromatic rings. The summed E-state index contributed by atoms with van der Waals surface area (Å²) in [4.78, 5) is 0. The lowest BCUT2D eigenvalue weighted by molar-refractivity contribution is 0.291. The Labute approximate surface area is 101 Å². The fourth-order valence-electron chi connectivity index (χ4n) is 3.00. The topological polar surface area (TPSA) is 26.0 Å². The van der Waals surface area contributed by atoms with Crippen LogP contribution in [0.1, 0.15) is 31.7 Å². The first-order chi connectivity index (χ1) is 8.04. The molecule has 0 aromatic heterocycles. The van der Waals surface area contributed by atoms with Gasteiger partial charge in [0, 0.05) is 0 Å². The molecule has 0 spiro atoms. The second kappa shape index (κ2) is 4.73. The Kier molecular flexibility index (Phi) is 3.48. The lowest BCUT2D eigenvalue weighted by Crippen LogP contribution is -2.30. The third-order valence-corrected chi connectivity index (χ3v) is 3.96. The Morgan fingerprint density at radius 2 is 2.18 bits per heavy atom. The van der Waals surface area contributed by atoms with Gasteiger partial charge in [-0.3, -0.25) is 0 Å². The molecule has 1 aliphatic carbocycles. The molecule has 3 heteroatoms. The highest BCUT2D eigenvalue weighted by Crippen LogP contribution is 2.43. The average molecular weight is 239 g/mol. The van der Waals surface area contributed by atoms with E-state index in [1.54, 1.807) is 0 Å². The van der Waals surface area contributed by atoms with Gasteiger partial charge in [0.25, 0.3) is 0 Å². The summed E-state index contributed by atoms with van der Waals surface area (Å²) >= 11 is 0. The van der Waals surface area contributed by atoms with E-state index in [4.69, 9.17) is 5.73 Å². The summed E-state index contributed by atoms with van der Waals surface area (Å²) in [5.41, 5.74) is 6.28. The molecule has 0 amide bonds. The molecule has 2 atom stereocenters. The van der Waals surface area contributed by atoms with Gasteiger partial charge >= 0.3 is 0 Å². The van der Waals surface area contributed by atoms with Crippen molar-refractivity contribution in [2.75, 3.05) is 6.54 Å². The van der Waals surface area contributed by atoms with E-state index in [2.05, 4.69) is 6.92 Å². The molecule has 0 saturated heterocycles. The third-order valence-electron chi connectivity index (χ3n) is 3.96. The van der Waals surface area contributed by atoms with Crippen molar-refractivity contribution in [3.05, 3.63) is 35.4 Å². The molecule has 17 heavy (non-hydrogen) atoms. The Morgan fingerprint density at radius 3 is 2.76 bits per heavy atom. The first kappa shape index (κ1) is 12.5. The van der Waals surface area contributed by atoms with E-state index in [1.807, 2.05) is 0 Å². The molecule has 1 aromatic carbocycles. The number of halogens is 2. The van der Waals surface area contributed by atoms with Gasteiger partial charge < -0.3 is 5.73 Å². The third kappa shape index (κ3) is 2.65. The van der Waals surface area contributed by atoms with Crippen LogP contribution in [-0.2, 0) is 6.42 Å². The van der Waals surface area contributed by atoms with Gasteiger partial charge in [-0.2, -0.15) is 0 Å². The molecule has 0 radical (unpaired) electrons. The molecule has 1 aliphatic rings. The Hall–Kier alpha value is -0.960. The number of rotatable bonds is 3. The van der Waals surface area contributed by atoms with Crippen LogP contribution in [0.2, 0.25) is 0 Å². The number of hydrogen-bond acceptors (Lipinski definition) is 1. The summed E-state index contributed by atoms with van der Waals surface area (Å²) in [6, 6.07) is 3.66. The van der Waals surface area contributed by atoms with Crippen LogP contribution >= 0.6 is 0 Å².